The monoisotopic (exact) mass is 332 g/mol. The van der Waals surface area contributed by atoms with E-state index in [-0.39, 0.29) is 4.90 Å². The third-order valence-electron chi connectivity index (χ3n) is 2.33. The van der Waals surface area contributed by atoms with E-state index in [1.54, 1.807) is 19.1 Å². The summed E-state index contributed by atoms with van der Waals surface area (Å²) in [5, 5.41) is 7.78. The molecule has 0 aliphatic carbocycles. The van der Waals surface area contributed by atoms with Crippen LogP contribution in [0.4, 0.5) is 0 Å². The van der Waals surface area contributed by atoms with Crippen LogP contribution in [0.25, 0.3) is 0 Å². The van der Waals surface area contributed by atoms with E-state index in [9.17, 15) is 8.42 Å². The lowest BCUT2D eigenvalue weighted by molar-refractivity contribution is 0.584. The molecule has 6 nitrogen and oxygen atoms in total. The Hall–Kier alpha value is -1.09. The number of nitrogens with one attached hydrogen (secondary N) is 2. The van der Waals surface area contributed by atoms with Crippen LogP contribution in [0.3, 0.4) is 0 Å². The average Bonchev–Trinajstić information content (AvgIpc) is 2.81. The van der Waals surface area contributed by atoms with Gasteiger partial charge in [-0.15, -0.1) is 5.10 Å². The summed E-state index contributed by atoms with van der Waals surface area (Å²) in [6.07, 6.45) is 0. The van der Waals surface area contributed by atoms with Gasteiger partial charge >= 0.3 is 0 Å². The Kier molecular flexibility index (Phi) is 5.03. The minimum absolute atomic E-state index is 0.195. The molecule has 0 amide bonds. The van der Waals surface area contributed by atoms with E-state index >= 15 is 0 Å². The van der Waals surface area contributed by atoms with Crippen molar-refractivity contribution in [1.29, 1.82) is 0 Å². The quantitative estimate of drug-likeness (QED) is 0.622. The zero-order valence-corrected chi connectivity index (χ0v) is 13.0. The van der Waals surface area contributed by atoms with E-state index in [1.165, 1.54) is 23.9 Å². The molecule has 0 saturated carbocycles. The molecule has 0 aliphatic heterocycles. The van der Waals surface area contributed by atoms with Gasteiger partial charge in [0, 0.05) is 17.3 Å². The first-order valence-electron chi connectivity index (χ1n) is 5.74. The average molecular weight is 333 g/mol. The minimum atomic E-state index is -3.50. The van der Waals surface area contributed by atoms with Crippen molar-refractivity contribution >= 4 is 33.4 Å². The van der Waals surface area contributed by atoms with Crippen molar-refractivity contribution in [3.63, 3.8) is 0 Å². The van der Waals surface area contributed by atoms with Gasteiger partial charge in [0.05, 0.1) is 4.90 Å². The second-order valence-electron chi connectivity index (χ2n) is 3.90. The van der Waals surface area contributed by atoms with Gasteiger partial charge in [-0.2, -0.15) is 0 Å². The number of hydrogen-bond donors (Lipinski definition) is 2. The van der Waals surface area contributed by atoms with Gasteiger partial charge in [0.2, 0.25) is 15.2 Å². The van der Waals surface area contributed by atoms with Crippen molar-refractivity contribution in [3.8, 4) is 0 Å². The van der Waals surface area contributed by atoms with Crippen LogP contribution in [0, 0.1) is 6.92 Å². The Balaban J connectivity index is 1.85. The van der Waals surface area contributed by atoms with Gasteiger partial charge in [0.25, 0.3) is 0 Å². The molecule has 2 aromatic rings. The zero-order valence-electron chi connectivity index (χ0n) is 10.6. The van der Waals surface area contributed by atoms with Crippen LogP contribution in [0.5, 0.6) is 0 Å². The largest absolute Gasteiger partial charge is 0.262 e. The minimum Gasteiger partial charge on any atom is -0.262 e. The van der Waals surface area contributed by atoms with E-state index in [0.29, 0.717) is 22.5 Å². The molecular formula is C11H13ClN4O2S2. The predicted octanol–water partition coefficient (Wildman–Crippen LogP) is 1.84. The normalized spacial score (nSPS) is 11.7. The van der Waals surface area contributed by atoms with Crippen LogP contribution >= 0.6 is 23.4 Å². The maximum Gasteiger partial charge on any atom is 0.240 e. The molecule has 0 unspecified atom stereocenters. The standard InChI is InChI=1S/C11H13ClN4O2S2/c1-8-14-11(16-15-8)19-7-6-13-20(17,18)10-4-2-9(12)3-5-10/h2-5,13H,6-7H2,1H3,(H,14,15,16). The van der Waals surface area contributed by atoms with Crippen molar-refractivity contribution in [2.75, 3.05) is 12.3 Å². The number of aryl methyl sites for hydroxylation is 1. The van der Waals surface area contributed by atoms with E-state index in [4.69, 9.17) is 11.6 Å². The Morgan fingerprint density at radius 3 is 2.65 bits per heavy atom. The van der Waals surface area contributed by atoms with Crippen LogP contribution in [0.2, 0.25) is 5.02 Å². The molecule has 1 heterocycles. The molecule has 0 atom stereocenters. The number of halogens is 1. The molecule has 1 aromatic carbocycles. The number of aromatic amines is 1. The van der Waals surface area contributed by atoms with Gasteiger partial charge in [-0.1, -0.05) is 23.4 Å². The van der Waals surface area contributed by atoms with Gasteiger partial charge in [0.1, 0.15) is 5.82 Å². The molecule has 2 rings (SSSR count). The molecular weight excluding hydrogens is 320 g/mol. The summed E-state index contributed by atoms with van der Waals surface area (Å²) in [5.41, 5.74) is 0. The molecule has 0 fully saturated rings. The zero-order chi connectivity index (χ0) is 14.6. The SMILES string of the molecule is Cc1nc(SCCNS(=O)(=O)c2ccc(Cl)cc2)n[nH]1. The summed E-state index contributed by atoms with van der Waals surface area (Å²) in [6.45, 7) is 2.10. The fraction of sp³-hybridized carbons (Fsp3) is 0.273. The fourth-order valence-corrected chi connectivity index (χ4v) is 3.39. The van der Waals surface area contributed by atoms with E-state index in [1.807, 2.05) is 0 Å². The van der Waals surface area contributed by atoms with Crippen molar-refractivity contribution in [2.45, 2.75) is 17.0 Å². The molecule has 9 heteroatoms. The lowest BCUT2D eigenvalue weighted by atomic mass is 10.4. The van der Waals surface area contributed by atoms with Gasteiger partial charge in [-0.3, -0.25) is 5.10 Å². The Labute approximate surface area is 126 Å². The number of H-pyrrole nitrogens is 1. The molecule has 0 bridgehead atoms. The van der Waals surface area contributed by atoms with Crippen molar-refractivity contribution < 1.29 is 8.42 Å². The molecule has 0 aliphatic rings. The maximum absolute atomic E-state index is 12.0. The van der Waals surface area contributed by atoms with Crippen molar-refractivity contribution in [3.05, 3.63) is 35.1 Å². The summed E-state index contributed by atoms with van der Waals surface area (Å²) >= 11 is 7.10. The molecule has 0 spiro atoms. The third-order valence-corrected chi connectivity index (χ3v) is 4.90. The number of thioether (sulfide) groups is 1. The van der Waals surface area contributed by atoms with Crippen molar-refractivity contribution in [1.82, 2.24) is 19.9 Å². The molecule has 0 saturated heterocycles. The Bertz CT molecular complexity index is 670. The molecule has 108 valence electrons. The van der Waals surface area contributed by atoms with Crippen LogP contribution in [-0.4, -0.2) is 35.9 Å². The lowest BCUT2D eigenvalue weighted by Crippen LogP contribution is -2.26. The first-order valence-corrected chi connectivity index (χ1v) is 8.59. The number of hydrogen-bond acceptors (Lipinski definition) is 5. The predicted molar refractivity (Wildman–Crippen MR) is 78.5 cm³/mol. The smallest absolute Gasteiger partial charge is 0.240 e. The van der Waals surface area contributed by atoms with E-state index in [0.717, 1.165) is 5.82 Å². The van der Waals surface area contributed by atoms with E-state index < -0.39 is 10.0 Å². The molecule has 1 aromatic heterocycles. The highest BCUT2D eigenvalue weighted by molar-refractivity contribution is 7.99. The van der Waals surface area contributed by atoms with Crippen LogP contribution in [0.1, 0.15) is 5.82 Å². The highest BCUT2D eigenvalue weighted by Gasteiger charge is 2.13. The number of rotatable bonds is 6. The number of benzene rings is 1. The second-order valence-corrected chi connectivity index (χ2v) is 7.17. The summed E-state index contributed by atoms with van der Waals surface area (Å²) in [7, 11) is -3.50. The third kappa shape index (κ3) is 4.20. The first kappa shape index (κ1) is 15.3. The summed E-state index contributed by atoms with van der Waals surface area (Å²) in [5.74, 6) is 1.28. The van der Waals surface area contributed by atoms with Crippen LogP contribution < -0.4 is 4.72 Å². The number of sulfonamides is 1. The number of aromatic nitrogens is 3. The second kappa shape index (κ2) is 6.57. The summed E-state index contributed by atoms with van der Waals surface area (Å²) < 4.78 is 26.4. The fourth-order valence-electron chi connectivity index (χ4n) is 1.40. The highest BCUT2D eigenvalue weighted by Crippen LogP contribution is 2.14. The summed E-state index contributed by atoms with van der Waals surface area (Å²) in [4.78, 5) is 4.31. The maximum atomic E-state index is 12.0. The first-order chi connectivity index (χ1) is 9.47. The number of nitrogens with zero attached hydrogens (tertiary/aromatic N) is 2. The lowest BCUT2D eigenvalue weighted by Gasteiger charge is -2.05. The van der Waals surface area contributed by atoms with Gasteiger partial charge in [0.15, 0.2) is 0 Å². The van der Waals surface area contributed by atoms with Gasteiger partial charge in [-0.05, 0) is 31.2 Å². The Morgan fingerprint density at radius 2 is 2.05 bits per heavy atom. The van der Waals surface area contributed by atoms with Gasteiger partial charge < -0.3 is 0 Å². The van der Waals surface area contributed by atoms with Gasteiger partial charge in [-0.25, -0.2) is 18.1 Å². The highest BCUT2D eigenvalue weighted by atomic mass is 35.5. The van der Waals surface area contributed by atoms with Crippen molar-refractivity contribution in [2.24, 2.45) is 0 Å². The van der Waals surface area contributed by atoms with E-state index in [2.05, 4.69) is 19.9 Å². The van der Waals surface area contributed by atoms with Crippen LogP contribution in [0.15, 0.2) is 34.3 Å². The molecule has 0 radical (unpaired) electrons. The van der Waals surface area contributed by atoms with Crippen LogP contribution in [-0.2, 0) is 10.0 Å². The molecule has 20 heavy (non-hydrogen) atoms. The molecule has 2 N–H and O–H groups in total. The topological polar surface area (TPSA) is 87.7 Å². The summed E-state index contributed by atoms with van der Waals surface area (Å²) in [6, 6.07) is 6.02. The Morgan fingerprint density at radius 1 is 1.35 bits per heavy atom.